The van der Waals surface area contributed by atoms with Crippen LogP contribution in [0.3, 0.4) is 0 Å². The fourth-order valence-corrected chi connectivity index (χ4v) is 3.37. The maximum atomic E-state index is 11.1. The Morgan fingerprint density at radius 2 is 2.18 bits per heavy atom. The van der Waals surface area contributed by atoms with Crippen LogP contribution in [0.5, 0.6) is 0 Å². The van der Waals surface area contributed by atoms with Crippen molar-refractivity contribution in [3.05, 3.63) is 0 Å². The summed E-state index contributed by atoms with van der Waals surface area (Å²) in [5, 5.41) is 9.14. The second-order valence-electron chi connectivity index (χ2n) is 6.05. The van der Waals surface area contributed by atoms with Crippen LogP contribution in [0.1, 0.15) is 59.3 Å². The average molecular weight is 241 g/mol. The second-order valence-corrected chi connectivity index (χ2v) is 6.05. The van der Waals surface area contributed by atoms with E-state index in [1.165, 1.54) is 6.42 Å². The van der Waals surface area contributed by atoms with E-state index in [9.17, 15) is 4.79 Å². The molecule has 100 valence electrons. The second kappa shape index (κ2) is 5.85. The van der Waals surface area contributed by atoms with Gasteiger partial charge in [-0.05, 0) is 36.5 Å². The molecule has 1 fully saturated rings. The van der Waals surface area contributed by atoms with Crippen LogP contribution in [0.2, 0.25) is 0 Å². The topological polar surface area (TPSA) is 63.3 Å². The fraction of sp³-hybridized carbons (Fsp3) is 0.929. The normalized spacial score (nSPS) is 31.5. The van der Waals surface area contributed by atoms with Gasteiger partial charge in [-0.25, -0.2) is 0 Å². The van der Waals surface area contributed by atoms with Gasteiger partial charge in [0.25, 0.3) is 0 Å². The van der Waals surface area contributed by atoms with Gasteiger partial charge in [0.1, 0.15) is 0 Å². The van der Waals surface area contributed by atoms with E-state index in [0.717, 1.165) is 25.7 Å². The van der Waals surface area contributed by atoms with Crippen LogP contribution in [0.25, 0.3) is 0 Å². The molecule has 0 aromatic carbocycles. The van der Waals surface area contributed by atoms with E-state index in [0.29, 0.717) is 11.8 Å². The lowest BCUT2D eigenvalue weighted by Crippen LogP contribution is -2.46. The number of carboxylic acids is 1. The highest BCUT2D eigenvalue weighted by molar-refractivity contribution is 5.67. The van der Waals surface area contributed by atoms with E-state index in [4.69, 9.17) is 10.8 Å². The van der Waals surface area contributed by atoms with Gasteiger partial charge in [0.2, 0.25) is 0 Å². The minimum absolute atomic E-state index is 0.0279. The van der Waals surface area contributed by atoms with Crippen molar-refractivity contribution in [1.29, 1.82) is 0 Å². The Bertz CT molecular complexity index is 265. The highest BCUT2D eigenvalue weighted by Crippen LogP contribution is 2.46. The molecule has 0 aromatic rings. The first-order valence-corrected chi connectivity index (χ1v) is 6.88. The van der Waals surface area contributed by atoms with Crippen LogP contribution >= 0.6 is 0 Å². The maximum absolute atomic E-state index is 11.1. The third-order valence-corrected chi connectivity index (χ3v) is 4.59. The Balaban J connectivity index is 2.85. The first-order chi connectivity index (χ1) is 7.91. The van der Waals surface area contributed by atoms with E-state index in [1.54, 1.807) is 0 Å². The van der Waals surface area contributed by atoms with Gasteiger partial charge in [-0.3, -0.25) is 4.79 Å². The lowest BCUT2D eigenvalue weighted by atomic mass is 9.61. The van der Waals surface area contributed by atoms with Crippen LogP contribution in [0, 0.1) is 17.3 Å². The first-order valence-electron chi connectivity index (χ1n) is 6.88. The Labute approximate surface area is 105 Å². The standard InChI is InChI=1S/C14H27NO2/c1-4-12(15)14(9-13(16)17)7-5-6-11(8-14)10(2)3/h10-12H,4-9,15H2,1-3H3,(H,16,17). The molecule has 0 aliphatic heterocycles. The molecule has 1 aliphatic carbocycles. The molecule has 3 heteroatoms. The van der Waals surface area contributed by atoms with Crippen LogP contribution in [0.4, 0.5) is 0 Å². The van der Waals surface area contributed by atoms with E-state index >= 15 is 0 Å². The molecular formula is C14H27NO2. The van der Waals surface area contributed by atoms with Gasteiger partial charge in [0, 0.05) is 6.04 Å². The highest BCUT2D eigenvalue weighted by Gasteiger charge is 2.42. The largest absolute Gasteiger partial charge is 0.481 e. The molecule has 3 atom stereocenters. The molecule has 17 heavy (non-hydrogen) atoms. The summed E-state index contributed by atoms with van der Waals surface area (Å²) in [6, 6.07) is 0.0279. The lowest BCUT2D eigenvalue weighted by molar-refractivity contribution is -0.141. The van der Waals surface area contributed by atoms with Crippen molar-refractivity contribution in [3.63, 3.8) is 0 Å². The van der Waals surface area contributed by atoms with Gasteiger partial charge in [-0.1, -0.05) is 33.6 Å². The van der Waals surface area contributed by atoms with Crippen LogP contribution in [0.15, 0.2) is 0 Å². The predicted molar refractivity (Wildman–Crippen MR) is 69.7 cm³/mol. The average Bonchev–Trinajstić information content (AvgIpc) is 2.27. The Hall–Kier alpha value is -0.570. The molecule has 0 bridgehead atoms. The molecule has 1 aliphatic rings. The number of aliphatic carboxylic acids is 1. The van der Waals surface area contributed by atoms with Gasteiger partial charge < -0.3 is 10.8 Å². The van der Waals surface area contributed by atoms with Crippen molar-refractivity contribution in [3.8, 4) is 0 Å². The smallest absolute Gasteiger partial charge is 0.303 e. The zero-order valence-corrected chi connectivity index (χ0v) is 11.4. The summed E-state index contributed by atoms with van der Waals surface area (Å²) in [5.41, 5.74) is 6.07. The van der Waals surface area contributed by atoms with Gasteiger partial charge >= 0.3 is 5.97 Å². The van der Waals surface area contributed by atoms with Crippen molar-refractivity contribution in [2.75, 3.05) is 0 Å². The van der Waals surface area contributed by atoms with Crippen LogP contribution < -0.4 is 5.73 Å². The summed E-state index contributed by atoms with van der Waals surface area (Å²) in [4.78, 5) is 11.1. The molecule has 3 N–H and O–H groups in total. The first kappa shape index (κ1) is 14.5. The highest BCUT2D eigenvalue weighted by atomic mass is 16.4. The summed E-state index contributed by atoms with van der Waals surface area (Å²) in [6.45, 7) is 6.53. The fourth-order valence-electron chi connectivity index (χ4n) is 3.37. The summed E-state index contributed by atoms with van der Waals surface area (Å²) in [5.74, 6) is 0.575. The SMILES string of the molecule is CCC(N)C1(CC(=O)O)CCCC(C(C)C)C1. The van der Waals surface area contributed by atoms with E-state index in [1.807, 2.05) is 0 Å². The molecule has 0 aromatic heterocycles. The molecule has 3 nitrogen and oxygen atoms in total. The van der Waals surface area contributed by atoms with Crippen LogP contribution in [-0.4, -0.2) is 17.1 Å². The number of nitrogens with two attached hydrogens (primary N) is 1. The zero-order valence-electron chi connectivity index (χ0n) is 11.4. The van der Waals surface area contributed by atoms with Gasteiger partial charge in [-0.15, -0.1) is 0 Å². The van der Waals surface area contributed by atoms with E-state index < -0.39 is 5.97 Å². The number of rotatable bonds is 5. The Morgan fingerprint density at radius 3 is 2.65 bits per heavy atom. The minimum atomic E-state index is -0.696. The van der Waals surface area contributed by atoms with Crippen LogP contribution in [-0.2, 0) is 4.79 Å². The zero-order chi connectivity index (χ0) is 13.1. The molecule has 3 unspecified atom stereocenters. The molecule has 0 amide bonds. The molecule has 1 rings (SSSR count). The lowest BCUT2D eigenvalue weighted by Gasteiger charge is -2.45. The quantitative estimate of drug-likeness (QED) is 0.777. The van der Waals surface area contributed by atoms with E-state index in [-0.39, 0.29) is 17.9 Å². The summed E-state index contributed by atoms with van der Waals surface area (Å²) in [6.07, 6.45) is 5.45. The number of hydrogen-bond acceptors (Lipinski definition) is 2. The number of carbonyl (C=O) groups is 1. The van der Waals surface area contributed by atoms with E-state index in [2.05, 4.69) is 20.8 Å². The van der Waals surface area contributed by atoms with Crippen molar-refractivity contribution in [2.45, 2.75) is 65.3 Å². The van der Waals surface area contributed by atoms with Gasteiger partial charge in [-0.2, -0.15) is 0 Å². The maximum Gasteiger partial charge on any atom is 0.303 e. The molecule has 0 radical (unpaired) electrons. The third kappa shape index (κ3) is 3.44. The molecule has 1 saturated carbocycles. The Kier molecular flexibility index (Phi) is 4.99. The number of hydrogen-bond donors (Lipinski definition) is 2. The van der Waals surface area contributed by atoms with Crippen molar-refractivity contribution in [1.82, 2.24) is 0 Å². The third-order valence-electron chi connectivity index (χ3n) is 4.59. The molecule has 0 spiro atoms. The van der Waals surface area contributed by atoms with Crippen molar-refractivity contribution >= 4 is 5.97 Å². The predicted octanol–water partition coefficient (Wildman–Crippen LogP) is 3.03. The van der Waals surface area contributed by atoms with Crippen molar-refractivity contribution in [2.24, 2.45) is 23.0 Å². The monoisotopic (exact) mass is 241 g/mol. The summed E-state index contributed by atoms with van der Waals surface area (Å²) < 4.78 is 0. The molecule has 0 heterocycles. The summed E-state index contributed by atoms with van der Waals surface area (Å²) in [7, 11) is 0. The van der Waals surface area contributed by atoms with Crippen molar-refractivity contribution < 1.29 is 9.90 Å². The minimum Gasteiger partial charge on any atom is -0.481 e. The molecular weight excluding hydrogens is 214 g/mol. The molecule has 0 saturated heterocycles. The van der Waals surface area contributed by atoms with Gasteiger partial charge in [0.05, 0.1) is 6.42 Å². The summed E-state index contributed by atoms with van der Waals surface area (Å²) >= 11 is 0. The van der Waals surface area contributed by atoms with Gasteiger partial charge in [0.15, 0.2) is 0 Å². The Morgan fingerprint density at radius 1 is 1.53 bits per heavy atom. The number of carboxylic acid groups (broad SMARTS) is 1.